The van der Waals surface area contributed by atoms with E-state index in [1.165, 1.54) is 6.92 Å². The zero-order chi connectivity index (χ0) is 17.3. The first kappa shape index (κ1) is 22.3. The third-order valence-electron chi connectivity index (χ3n) is 2.44. The molecule has 0 aromatic heterocycles. The van der Waals surface area contributed by atoms with Crippen molar-refractivity contribution in [3.05, 3.63) is 12.2 Å². The zero-order valence-electron chi connectivity index (χ0n) is 13.5. The van der Waals surface area contributed by atoms with Gasteiger partial charge in [0, 0.05) is 17.2 Å². The van der Waals surface area contributed by atoms with Crippen LogP contribution in [0.25, 0.3) is 0 Å². The molecule has 0 saturated carbocycles. The molecule has 1 unspecified atom stereocenters. The van der Waals surface area contributed by atoms with Gasteiger partial charge in [-0.1, -0.05) is 19.9 Å². The first-order chi connectivity index (χ1) is 9.35. The molecule has 0 bridgehead atoms. The molecule has 4 N–H and O–H groups in total. The molecule has 0 aromatic carbocycles. The average Bonchev–Trinajstić information content (AvgIpc) is 2.26. The van der Waals surface area contributed by atoms with Crippen LogP contribution in [0.15, 0.2) is 12.2 Å². The van der Waals surface area contributed by atoms with Crippen LogP contribution >= 0.6 is 0 Å². The van der Waals surface area contributed by atoms with Gasteiger partial charge in [-0.15, -0.1) is 0 Å². The van der Waals surface area contributed by atoms with Gasteiger partial charge in [0.05, 0.1) is 6.61 Å². The van der Waals surface area contributed by atoms with Crippen LogP contribution in [-0.4, -0.2) is 37.1 Å². The van der Waals surface area contributed by atoms with Crippen LogP contribution in [0.5, 0.6) is 0 Å². The van der Waals surface area contributed by atoms with Crippen molar-refractivity contribution in [1.82, 2.24) is 5.32 Å². The monoisotopic (exact) mass is 324 g/mol. The summed E-state index contributed by atoms with van der Waals surface area (Å²) in [6.07, 6.45) is 1.89. The lowest BCUT2D eigenvalue weighted by Gasteiger charge is -2.31. The molecule has 0 rings (SSSR count). The van der Waals surface area contributed by atoms with Crippen LogP contribution in [0.2, 0.25) is 0 Å². The van der Waals surface area contributed by atoms with Crippen LogP contribution < -0.4 is 11.1 Å². The fourth-order valence-electron chi connectivity index (χ4n) is 1.35. The van der Waals surface area contributed by atoms with E-state index >= 15 is 0 Å². The van der Waals surface area contributed by atoms with E-state index in [9.17, 15) is 13.2 Å². The Labute approximate surface area is 127 Å². The second kappa shape index (κ2) is 9.88. The first-order valence-corrected chi connectivity index (χ1v) is 8.08. The van der Waals surface area contributed by atoms with E-state index in [1.807, 2.05) is 13.8 Å². The highest BCUT2D eigenvalue weighted by Gasteiger charge is 2.25. The van der Waals surface area contributed by atoms with Gasteiger partial charge in [-0.2, -0.15) is 8.42 Å². The Bertz CT molecular complexity index is 426. The molecule has 0 saturated heterocycles. The van der Waals surface area contributed by atoms with E-state index < -0.39 is 10.4 Å². The minimum absolute atomic E-state index is 0.0108. The number of rotatable bonds is 7. The zero-order valence-corrected chi connectivity index (χ0v) is 14.3. The highest BCUT2D eigenvalue weighted by molar-refractivity contribution is 7.80. The van der Waals surface area contributed by atoms with E-state index in [4.69, 9.17) is 10.3 Å². The van der Waals surface area contributed by atoms with Gasteiger partial charge in [0.15, 0.2) is 0 Å². The van der Waals surface area contributed by atoms with Gasteiger partial charge >= 0.3 is 10.4 Å². The third-order valence-corrected chi connectivity index (χ3v) is 2.97. The minimum Gasteiger partial charge on any atom is -0.348 e. The fraction of sp³-hybridized carbons (Fsp3) is 0.769. The summed E-state index contributed by atoms with van der Waals surface area (Å²) in [6, 6.07) is 0.0108. The maximum atomic E-state index is 11.4. The van der Waals surface area contributed by atoms with Gasteiger partial charge in [0.1, 0.15) is 0 Å². The van der Waals surface area contributed by atoms with E-state index in [0.29, 0.717) is 5.57 Å². The Hall–Kier alpha value is -0.960. The maximum absolute atomic E-state index is 11.4. The number of nitrogens with two attached hydrogens (primary N) is 1. The Morgan fingerprint density at radius 1 is 1.43 bits per heavy atom. The molecule has 0 aliphatic rings. The fourth-order valence-corrected chi connectivity index (χ4v) is 1.65. The van der Waals surface area contributed by atoms with E-state index in [0.717, 1.165) is 12.8 Å². The maximum Gasteiger partial charge on any atom is 0.397 e. The second-order valence-corrected chi connectivity index (χ2v) is 6.34. The van der Waals surface area contributed by atoms with Crippen LogP contribution in [0.4, 0.5) is 0 Å². The molecule has 0 heterocycles. The smallest absolute Gasteiger partial charge is 0.348 e. The molecule has 0 spiro atoms. The largest absolute Gasteiger partial charge is 0.397 e. The normalized spacial score (nSPS) is 12.9. The molecule has 126 valence electrons. The number of amides is 1. The molecule has 0 aromatic rings. The summed E-state index contributed by atoms with van der Waals surface area (Å²) >= 11 is 0. The second-order valence-electron chi connectivity index (χ2n) is 5.25. The summed E-state index contributed by atoms with van der Waals surface area (Å²) in [5.74, 6) is -0.109. The van der Waals surface area contributed by atoms with Crippen LogP contribution in [0, 0.1) is 0 Å². The summed E-state index contributed by atoms with van der Waals surface area (Å²) in [4.78, 5) is 11.4. The molecule has 0 radical (unpaired) electrons. The highest BCUT2D eigenvalue weighted by Crippen LogP contribution is 2.11. The van der Waals surface area contributed by atoms with Crippen LogP contribution in [0.1, 0.15) is 47.5 Å². The highest BCUT2D eigenvalue weighted by atomic mass is 32.3. The predicted molar refractivity (Wildman–Crippen MR) is 83.1 cm³/mol. The number of carbonyl (C=O) groups excluding carboxylic acids is 1. The molecule has 8 heteroatoms. The molecule has 0 fully saturated rings. The van der Waals surface area contributed by atoms with Crippen molar-refractivity contribution in [3.8, 4) is 0 Å². The molecular formula is C13H28N2O5S. The van der Waals surface area contributed by atoms with E-state index in [1.54, 1.807) is 6.92 Å². The van der Waals surface area contributed by atoms with Crippen molar-refractivity contribution in [2.45, 2.75) is 59.0 Å². The van der Waals surface area contributed by atoms with E-state index in [-0.39, 0.29) is 24.1 Å². The van der Waals surface area contributed by atoms with Gasteiger partial charge in [-0.3, -0.25) is 9.35 Å². The predicted octanol–water partition coefficient (Wildman–Crippen LogP) is 1.41. The van der Waals surface area contributed by atoms with Gasteiger partial charge in [0.25, 0.3) is 0 Å². The Morgan fingerprint density at radius 3 is 2.10 bits per heavy atom. The summed E-state index contributed by atoms with van der Waals surface area (Å²) < 4.78 is 30.7. The van der Waals surface area contributed by atoms with Crippen LogP contribution in [0.3, 0.4) is 0 Å². The van der Waals surface area contributed by atoms with Crippen molar-refractivity contribution in [2.24, 2.45) is 5.73 Å². The topological polar surface area (TPSA) is 119 Å². The average molecular weight is 324 g/mol. The number of carbonyl (C=O) groups is 1. The summed E-state index contributed by atoms with van der Waals surface area (Å²) in [6.45, 7) is 12.7. The molecular weight excluding hydrogens is 296 g/mol. The quantitative estimate of drug-likeness (QED) is 0.481. The van der Waals surface area contributed by atoms with Crippen LogP contribution in [-0.2, 0) is 19.4 Å². The molecule has 7 nitrogen and oxygen atoms in total. The lowest BCUT2D eigenvalue weighted by molar-refractivity contribution is -0.118. The minimum atomic E-state index is -4.17. The first-order valence-electron chi connectivity index (χ1n) is 6.72. The standard InChI is InChI=1S/C11H22N2O.C2H6O4S/c1-6-7-9(11(4,5)12)13-10(14)8(2)3;1-2-6-7(3,4)5/h9H,2,6-7,12H2,1,3-5H3,(H,13,14);2H2,1H3,(H,3,4,5). The number of hydrogen-bond acceptors (Lipinski definition) is 5. The summed E-state index contributed by atoms with van der Waals surface area (Å²) in [7, 11) is -4.17. The SMILES string of the molecule is C=C(C)C(=O)NC(CCC)C(C)(C)N.CCOS(=O)(=O)O. The Kier molecular flexibility index (Phi) is 10.5. The van der Waals surface area contributed by atoms with E-state index in [2.05, 4.69) is 23.0 Å². The molecule has 1 atom stereocenters. The van der Waals surface area contributed by atoms with Gasteiger partial charge in [-0.05, 0) is 34.1 Å². The van der Waals surface area contributed by atoms with Gasteiger partial charge in [0.2, 0.25) is 5.91 Å². The summed E-state index contributed by atoms with van der Waals surface area (Å²) in [5.41, 5.74) is 6.11. The molecule has 0 aliphatic heterocycles. The lowest BCUT2D eigenvalue weighted by atomic mass is 9.92. The van der Waals surface area contributed by atoms with Crippen molar-refractivity contribution >= 4 is 16.3 Å². The Balaban J connectivity index is 0. The van der Waals surface area contributed by atoms with Gasteiger partial charge in [-0.25, -0.2) is 4.18 Å². The van der Waals surface area contributed by atoms with Crippen molar-refractivity contribution in [1.29, 1.82) is 0 Å². The molecule has 21 heavy (non-hydrogen) atoms. The Morgan fingerprint density at radius 2 is 1.90 bits per heavy atom. The lowest BCUT2D eigenvalue weighted by Crippen LogP contribution is -2.54. The third kappa shape index (κ3) is 13.8. The van der Waals surface area contributed by atoms with Crippen molar-refractivity contribution < 1.29 is 21.9 Å². The number of hydrogen-bond donors (Lipinski definition) is 3. The molecule has 1 amide bonds. The van der Waals surface area contributed by atoms with Crippen molar-refractivity contribution in [3.63, 3.8) is 0 Å². The van der Waals surface area contributed by atoms with Gasteiger partial charge < -0.3 is 11.1 Å². The molecule has 0 aliphatic carbocycles. The van der Waals surface area contributed by atoms with Crippen molar-refractivity contribution in [2.75, 3.05) is 6.61 Å². The summed E-state index contributed by atoms with van der Waals surface area (Å²) in [5, 5.41) is 2.89. The number of nitrogens with one attached hydrogen (secondary N) is 1.